The van der Waals surface area contributed by atoms with Gasteiger partial charge >= 0.3 is 12.8 Å². The molecule has 0 atom stereocenters. The summed E-state index contributed by atoms with van der Waals surface area (Å²) in [4.78, 5) is 24.0. The van der Waals surface area contributed by atoms with Crippen LogP contribution in [0.2, 0.25) is 0 Å². The van der Waals surface area contributed by atoms with Crippen LogP contribution in [-0.4, -0.2) is 54.3 Å². The van der Waals surface area contributed by atoms with Crippen LogP contribution < -0.4 is 0 Å². The van der Waals surface area contributed by atoms with E-state index in [4.69, 9.17) is 0 Å². The van der Waals surface area contributed by atoms with Crippen LogP contribution in [0.3, 0.4) is 0 Å². The second-order valence-electron chi connectivity index (χ2n) is 6.71. The normalized spacial score (nSPS) is 12.0. The van der Waals surface area contributed by atoms with Crippen molar-refractivity contribution in [2.24, 2.45) is 4.99 Å². The van der Waals surface area contributed by atoms with Crippen molar-refractivity contribution in [2.75, 3.05) is 20.2 Å². The summed E-state index contributed by atoms with van der Waals surface area (Å²) in [5.74, 6) is -0.862. The van der Waals surface area contributed by atoms with E-state index >= 15 is 0 Å². The average Bonchev–Trinajstić information content (AvgIpc) is 2.74. The van der Waals surface area contributed by atoms with Crippen molar-refractivity contribution in [1.29, 1.82) is 0 Å². The molecular weight excluding hydrogens is 442 g/mol. The number of nitrogens with zero attached hydrogens (tertiary/aromatic N) is 4. The number of unbranched alkanes of at least 4 members (excludes halogenated alkanes) is 2. The molecule has 0 aliphatic heterocycles. The number of rotatable bonds is 11. The zero-order valence-corrected chi connectivity index (χ0v) is 17.0. The molecule has 1 aromatic carbocycles. The molecule has 32 heavy (non-hydrogen) atoms. The topological polar surface area (TPSA) is 67.7 Å². The summed E-state index contributed by atoms with van der Waals surface area (Å²) < 4.78 is 80.2. The molecule has 0 saturated heterocycles. The Labute approximate surface area is 180 Å². The smallest absolute Gasteiger partial charge is 0.366 e. The number of aldehydes is 1. The standard InChI is InChI=1S/C20H20F6N4O2/c1-30(5-3-2-4-6-32-19(22)23)12-29-16-8-14(15(21)7-13(16)11-31)17-9-28-18(10-27-17)20(24,25)26/h7-12,19H,2-6H2,1H3. The van der Waals surface area contributed by atoms with Gasteiger partial charge in [0.15, 0.2) is 12.0 Å². The highest BCUT2D eigenvalue weighted by Gasteiger charge is 2.32. The maximum atomic E-state index is 14.4. The number of carbonyl (C=O) groups is 1. The van der Waals surface area contributed by atoms with E-state index in [-0.39, 0.29) is 29.1 Å². The number of hydrogen-bond donors (Lipinski definition) is 0. The molecule has 0 unspecified atom stereocenters. The summed E-state index contributed by atoms with van der Waals surface area (Å²) in [6.07, 6.45) is 0.203. The van der Waals surface area contributed by atoms with E-state index in [9.17, 15) is 31.1 Å². The van der Waals surface area contributed by atoms with Crippen molar-refractivity contribution >= 4 is 18.3 Å². The molecular formula is C20H20F6N4O2. The molecule has 0 bridgehead atoms. The molecule has 0 radical (unpaired) electrons. The monoisotopic (exact) mass is 462 g/mol. The molecule has 2 rings (SSSR count). The van der Waals surface area contributed by atoms with Crippen LogP contribution in [-0.2, 0) is 10.9 Å². The predicted octanol–water partition coefficient (Wildman–Crippen LogP) is 5.12. The van der Waals surface area contributed by atoms with Gasteiger partial charge in [-0.15, -0.1) is 0 Å². The first-order chi connectivity index (χ1) is 15.1. The van der Waals surface area contributed by atoms with Gasteiger partial charge in [0.25, 0.3) is 0 Å². The van der Waals surface area contributed by atoms with Gasteiger partial charge in [-0.1, -0.05) is 0 Å². The van der Waals surface area contributed by atoms with Gasteiger partial charge < -0.3 is 9.64 Å². The van der Waals surface area contributed by atoms with E-state index in [1.807, 2.05) is 0 Å². The lowest BCUT2D eigenvalue weighted by Gasteiger charge is -2.13. The molecule has 1 heterocycles. The first-order valence-corrected chi connectivity index (χ1v) is 9.44. The summed E-state index contributed by atoms with van der Waals surface area (Å²) in [6, 6.07) is 2.11. The Kier molecular flexibility index (Phi) is 9.12. The minimum absolute atomic E-state index is 0.0383. The molecule has 2 aromatic rings. The Morgan fingerprint density at radius 2 is 1.91 bits per heavy atom. The van der Waals surface area contributed by atoms with E-state index in [1.54, 1.807) is 11.9 Å². The highest BCUT2D eigenvalue weighted by atomic mass is 19.4. The third-order valence-corrected chi connectivity index (χ3v) is 4.25. The van der Waals surface area contributed by atoms with E-state index in [0.717, 1.165) is 12.3 Å². The van der Waals surface area contributed by atoms with E-state index < -0.39 is 24.3 Å². The molecule has 0 fully saturated rings. The summed E-state index contributed by atoms with van der Waals surface area (Å²) in [7, 11) is 1.70. The number of ether oxygens (including phenoxy) is 1. The molecule has 0 amide bonds. The van der Waals surface area contributed by atoms with Crippen molar-refractivity contribution in [3.63, 3.8) is 0 Å². The molecule has 6 nitrogen and oxygen atoms in total. The molecule has 0 aliphatic rings. The fourth-order valence-corrected chi connectivity index (χ4v) is 2.62. The van der Waals surface area contributed by atoms with Crippen LogP contribution >= 0.6 is 0 Å². The predicted molar refractivity (Wildman–Crippen MR) is 104 cm³/mol. The third-order valence-electron chi connectivity index (χ3n) is 4.25. The van der Waals surface area contributed by atoms with Crippen molar-refractivity contribution in [3.8, 4) is 11.3 Å². The van der Waals surface area contributed by atoms with Crippen LogP contribution in [0.25, 0.3) is 11.3 Å². The van der Waals surface area contributed by atoms with Gasteiger partial charge in [0.1, 0.15) is 5.82 Å². The lowest BCUT2D eigenvalue weighted by Crippen LogP contribution is -2.17. The lowest BCUT2D eigenvalue weighted by molar-refractivity contribution is -0.141. The minimum atomic E-state index is -4.68. The first-order valence-electron chi connectivity index (χ1n) is 9.44. The summed E-state index contributed by atoms with van der Waals surface area (Å²) >= 11 is 0. The number of halogens is 6. The largest absolute Gasteiger partial charge is 0.434 e. The van der Waals surface area contributed by atoms with Gasteiger partial charge in [-0.2, -0.15) is 22.0 Å². The van der Waals surface area contributed by atoms with E-state index in [1.165, 1.54) is 12.4 Å². The van der Waals surface area contributed by atoms with Gasteiger partial charge in [0.05, 0.1) is 36.7 Å². The Bertz CT molecular complexity index is 920. The molecule has 1 aromatic heterocycles. The average molecular weight is 462 g/mol. The highest BCUT2D eigenvalue weighted by Crippen LogP contribution is 2.31. The highest BCUT2D eigenvalue weighted by molar-refractivity contribution is 5.86. The number of alkyl halides is 5. The van der Waals surface area contributed by atoms with E-state index in [0.29, 0.717) is 38.3 Å². The molecule has 12 heteroatoms. The Hall–Kier alpha value is -3.02. The number of carbonyl (C=O) groups excluding carboxylic acids is 1. The summed E-state index contributed by atoms with van der Waals surface area (Å²) in [5, 5.41) is 0. The number of aliphatic imine (C=N–C) groups is 1. The maximum absolute atomic E-state index is 14.4. The lowest BCUT2D eigenvalue weighted by atomic mass is 10.1. The molecule has 0 saturated carbocycles. The molecule has 174 valence electrons. The van der Waals surface area contributed by atoms with Gasteiger partial charge in [-0.25, -0.2) is 14.4 Å². The fraction of sp³-hybridized carbons (Fsp3) is 0.400. The zero-order chi connectivity index (χ0) is 23.7. The third kappa shape index (κ3) is 7.59. The molecule has 0 aliphatic carbocycles. The van der Waals surface area contributed by atoms with Crippen molar-refractivity contribution in [1.82, 2.24) is 14.9 Å². The summed E-state index contributed by atoms with van der Waals surface area (Å²) in [5.41, 5.74) is -1.49. The SMILES string of the molecule is CN(C=Nc1cc(-c2cnc(C(F)(F)F)cn2)c(F)cc1C=O)CCCCCOC(F)F. The number of aromatic nitrogens is 2. The van der Waals surface area contributed by atoms with Crippen molar-refractivity contribution in [3.05, 3.63) is 41.6 Å². The Balaban J connectivity index is 2.08. The van der Waals surface area contributed by atoms with E-state index in [2.05, 4.69) is 19.7 Å². The second-order valence-corrected chi connectivity index (χ2v) is 6.71. The van der Waals surface area contributed by atoms with Crippen LogP contribution in [0.1, 0.15) is 35.3 Å². The van der Waals surface area contributed by atoms with Gasteiger partial charge in [-0.3, -0.25) is 9.78 Å². The van der Waals surface area contributed by atoms with Crippen molar-refractivity contribution in [2.45, 2.75) is 32.1 Å². The number of hydrogen-bond acceptors (Lipinski definition) is 5. The summed E-state index contributed by atoms with van der Waals surface area (Å²) in [6.45, 7) is -2.29. The van der Waals surface area contributed by atoms with Crippen LogP contribution in [0.5, 0.6) is 0 Å². The fourth-order valence-electron chi connectivity index (χ4n) is 2.62. The Morgan fingerprint density at radius 3 is 2.50 bits per heavy atom. The van der Waals surface area contributed by atoms with Gasteiger partial charge in [-0.05, 0) is 31.4 Å². The maximum Gasteiger partial charge on any atom is 0.434 e. The van der Waals surface area contributed by atoms with Crippen LogP contribution in [0, 0.1) is 5.82 Å². The quantitative estimate of drug-likeness (QED) is 0.153. The van der Waals surface area contributed by atoms with Gasteiger partial charge in [0, 0.05) is 24.7 Å². The Morgan fingerprint density at radius 1 is 1.16 bits per heavy atom. The number of benzene rings is 1. The molecule has 0 N–H and O–H groups in total. The molecule has 0 spiro atoms. The first kappa shape index (κ1) is 25.2. The van der Waals surface area contributed by atoms with Crippen LogP contribution in [0.15, 0.2) is 29.5 Å². The van der Waals surface area contributed by atoms with Crippen molar-refractivity contribution < 1.29 is 35.9 Å². The van der Waals surface area contributed by atoms with Crippen LogP contribution in [0.4, 0.5) is 32.0 Å². The zero-order valence-electron chi connectivity index (χ0n) is 17.0. The van der Waals surface area contributed by atoms with Gasteiger partial charge in [0.2, 0.25) is 0 Å². The second kappa shape index (κ2) is 11.6. The minimum Gasteiger partial charge on any atom is -0.366 e.